The Morgan fingerprint density at radius 3 is 2.65 bits per heavy atom. The Morgan fingerprint density at radius 1 is 1.12 bits per heavy atom. The topological polar surface area (TPSA) is 82.2 Å². The summed E-state index contributed by atoms with van der Waals surface area (Å²) in [4.78, 5) is 13.1. The highest BCUT2D eigenvalue weighted by atomic mass is 35.5. The predicted molar refractivity (Wildman–Crippen MR) is 132 cm³/mol. The van der Waals surface area contributed by atoms with E-state index in [0.29, 0.717) is 45.0 Å². The molecule has 0 aliphatic heterocycles. The second-order valence-electron chi connectivity index (χ2n) is 8.06. The Labute approximate surface area is 207 Å². The first-order chi connectivity index (χ1) is 16.2. The SMILES string of the molecule is Cc1cccc(OCc2c(C(=O)Nc3c(C)nn(Cc4ccc(Cl)cc4Cl)c3C)noc2C)c1. The molecule has 1 amide bonds. The fourth-order valence-electron chi connectivity index (χ4n) is 3.62. The van der Waals surface area contributed by atoms with Crippen molar-refractivity contribution in [3.8, 4) is 5.75 Å². The third kappa shape index (κ3) is 5.11. The average molecular weight is 499 g/mol. The fourth-order valence-corrected chi connectivity index (χ4v) is 4.08. The van der Waals surface area contributed by atoms with Gasteiger partial charge in [0.05, 0.1) is 29.2 Å². The first-order valence-electron chi connectivity index (χ1n) is 10.7. The van der Waals surface area contributed by atoms with Gasteiger partial charge in [-0.05, 0) is 63.1 Å². The van der Waals surface area contributed by atoms with Gasteiger partial charge in [-0.1, -0.05) is 46.6 Å². The van der Waals surface area contributed by atoms with Crippen LogP contribution in [-0.4, -0.2) is 20.8 Å². The quantitative estimate of drug-likeness (QED) is 0.323. The second kappa shape index (κ2) is 9.91. The van der Waals surface area contributed by atoms with E-state index >= 15 is 0 Å². The van der Waals surface area contributed by atoms with Gasteiger partial charge < -0.3 is 14.6 Å². The number of anilines is 1. The molecule has 1 N–H and O–H groups in total. The van der Waals surface area contributed by atoms with Crippen LogP contribution in [0.1, 0.15) is 44.3 Å². The summed E-state index contributed by atoms with van der Waals surface area (Å²) < 4.78 is 13.0. The molecule has 9 heteroatoms. The van der Waals surface area contributed by atoms with Crippen molar-refractivity contribution in [1.82, 2.24) is 14.9 Å². The molecule has 0 radical (unpaired) electrons. The van der Waals surface area contributed by atoms with Gasteiger partial charge in [-0.3, -0.25) is 9.48 Å². The number of amides is 1. The van der Waals surface area contributed by atoms with E-state index in [-0.39, 0.29) is 12.3 Å². The number of nitrogens with zero attached hydrogens (tertiary/aromatic N) is 3. The Morgan fingerprint density at radius 2 is 1.91 bits per heavy atom. The number of nitrogens with one attached hydrogen (secondary N) is 1. The number of aryl methyl sites for hydroxylation is 3. The van der Waals surface area contributed by atoms with E-state index in [0.717, 1.165) is 16.8 Å². The van der Waals surface area contributed by atoms with Crippen molar-refractivity contribution in [2.75, 3.05) is 5.32 Å². The third-order valence-corrected chi connectivity index (χ3v) is 6.11. The number of carbonyl (C=O) groups is 1. The standard InChI is InChI=1S/C25H24Cl2N4O3/c1-14-6-5-7-20(10-14)33-13-21-17(4)34-30-24(21)25(32)28-23-15(2)29-31(16(23)3)12-18-8-9-19(26)11-22(18)27/h5-11H,12-13H2,1-4H3,(H,28,32). The minimum Gasteiger partial charge on any atom is -0.489 e. The summed E-state index contributed by atoms with van der Waals surface area (Å²) in [6.45, 7) is 8.06. The van der Waals surface area contributed by atoms with Crippen LogP contribution in [0, 0.1) is 27.7 Å². The van der Waals surface area contributed by atoms with E-state index in [9.17, 15) is 4.79 Å². The third-order valence-electron chi connectivity index (χ3n) is 5.53. The lowest BCUT2D eigenvalue weighted by atomic mass is 10.2. The van der Waals surface area contributed by atoms with Gasteiger partial charge in [0.25, 0.3) is 5.91 Å². The van der Waals surface area contributed by atoms with Crippen molar-refractivity contribution in [3.63, 3.8) is 0 Å². The molecule has 0 aliphatic rings. The maximum absolute atomic E-state index is 13.1. The number of halogens is 2. The summed E-state index contributed by atoms with van der Waals surface area (Å²) in [5.41, 5.74) is 4.80. The number of hydrogen-bond donors (Lipinski definition) is 1. The van der Waals surface area contributed by atoms with Crippen LogP contribution in [0.3, 0.4) is 0 Å². The zero-order chi connectivity index (χ0) is 24.4. The number of ether oxygens (including phenoxy) is 1. The van der Waals surface area contributed by atoms with Gasteiger partial charge >= 0.3 is 0 Å². The molecule has 0 spiro atoms. The molecule has 34 heavy (non-hydrogen) atoms. The van der Waals surface area contributed by atoms with Crippen molar-refractivity contribution in [3.05, 3.63) is 92.0 Å². The average Bonchev–Trinajstić information content (AvgIpc) is 3.28. The van der Waals surface area contributed by atoms with E-state index < -0.39 is 5.91 Å². The lowest BCUT2D eigenvalue weighted by Crippen LogP contribution is -2.16. The molecule has 4 rings (SSSR count). The Kier molecular flexibility index (Phi) is 6.95. The van der Waals surface area contributed by atoms with Gasteiger partial charge in [-0.15, -0.1) is 0 Å². The van der Waals surface area contributed by atoms with Crippen LogP contribution in [-0.2, 0) is 13.2 Å². The van der Waals surface area contributed by atoms with Gasteiger partial charge in [0.1, 0.15) is 18.1 Å². The van der Waals surface area contributed by atoms with Crippen molar-refractivity contribution >= 4 is 34.8 Å². The van der Waals surface area contributed by atoms with E-state index in [4.69, 9.17) is 32.5 Å². The van der Waals surface area contributed by atoms with Crippen LogP contribution in [0.4, 0.5) is 5.69 Å². The number of hydrogen-bond acceptors (Lipinski definition) is 5. The molecule has 2 aromatic carbocycles. The molecule has 0 aliphatic carbocycles. The van der Waals surface area contributed by atoms with E-state index in [2.05, 4.69) is 15.6 Å². The van der Waals surface area contributed by atoms with Crippen LogP contribution in [0.2, 0.25) is 10.0 Å². The summed E-state index contributed by atoms with van der Waals surface area (Å²) >= 11 is 12.3. The molecule has 2 aromatic heterocycles. The van der Waals surface area contributed by atoms with E-state index in [1.165, 1.54) is 0 Å². The number of benzene rings is 2. The molecule has 0 saturated carbocycles. The van der Waals surface area contributed by atoms with Crippen molar-refractivity contribution in [1.29, 1.82) is 0 Å². The molecule has 0 saturated heterocycles. The van der Waals surface area contributed by atoms with Crippen LogP contribution in [0.5, 0.6) is 5.75 Å². The Balaban J connectivity index is 1.52. The highest BCUT2D eigenvalue weighted by Gasteiger charge is 2.23. The van der Waals surface area contributed by atoms with Crippen molar-refractivity contribution in [2.24, 2.45) is 0 Å². The fraction of sp³-hybridized carbons (Fsp3) is 0.240. The number of carbonyl (C=O) groups excluding carboxylic acids is 1. The summed E-state index contributed by atoms with van der Waals surface area (Å²) in [5, 5.41) is 12.6. The highest BCUT2D eigenvalue weighted by molar-refractivity contribution is 6.35. The molecular formula is C25H24Cl2N4O3. The zero-order valence-electron chi connectivity index (χ0n) is 19.3. The largest absolute Gasteiger partial charge is 0.489 e. The molecule has 176 valence electrons. The maximum atomic E-state index is 13.1. The number of aromatic nitrogens is 3. The summed E-state index contributed by atoms with van der Waals surface area (Å²) in [7, 11) is 0. The van der Waals surface area contributed by atoms with Gasteiger partial charge in [-0.2, -0.15) is 5.10 Å². The minimum atomic E-state index is -0.394. The summed E-state index contributed by atoms with van der Waals surface area (Å²) in [6, 6.07) is 13.0. The second-order valence-corrected chi connectivity index (χ2v) is 8.91. The Hall–Kier alpha value is -3.29. The van der Waals surface area contributed by atoms with Crippen LogP contribution in [0.25, 0.3) is 0 Å². The lowest BCUT2D eigenvalue weighted by molar-refractivity contribution is 0.101. The molecule has 0 atom stereocenters. The molecule has 0 bridgehead atoms. The highest BCUT2D eigenvalue weighted by Crippen LogP contribution is 2.26. The maximum Gasteiger partial charge on any atom is 0.278 e. The molecular weight excluding hydrogens is 475 g/mol. The van der Waals surface area contributed by atoms with Crippen molar-refractivity contribution in [2.45, 2.75) is 40.8 Å². The van der Waals surface area contributed by atoms with Gasteiger partial charge in [-0.25, -0.2) is 0 Å². The monoisotopic (exact) mass is 498 g/mol. The van der Waals surface area contributed by atoms with Gasteiger partial charge in [0, 0.05) is 10.0 Å². The molecule has 2 heterocycles. The first-order valence-corrected chi connectivity index (χ1v) is 11.4. The summed E-state index contributed by atoms with van der Waals surface area (Å²) in [5.74, 6) is 0.843. The van der Waals surface area contributed by atoms with Gasteiger partial charge in [0.15, 0.2) is 5.69 Å². The minimum absolute atomic E-state index is 0.161. The Bertz CT molecular complexity index is 1360. The summed E-state index contributed by atoms with van der Waals surface area (Å²) in [6.07, 6.45) is 0. The normalized spacial score (nSPS) is 11.0. The predicted octanol–water partition coefficient (Wildman–Crippen LogP) is 6.29. The van der Waals surface area contributed by atoms with Crippen LogP contribution < -0.4 is 10.1 Å². The lowest BCUT2D eigenvalue weighted by Gasteiger charge is -2.09. The molecule has 0 fully saturated rings. The van der Waals surface area contributed by atoms with Crippen LogP contribution in [0.15, 0.2) is 47.0 Å². The smallest absolute Gasteiger partial charge is 0.278 e. The zero-order valence-corrected chi connectivity index (χ0v) is 20.8. The van der Waals surface area contributed by atoms with E-state index in [1.807, 2.05) is 51.1 Å². The van der Waals surface area contributed by atoms with Crippen LogP contribution >= 0.6 is 23.2 Å². The van der Waals surface area contributed by atoms with Gasteiger partial charge in [0.2, 0.25) is 0 Å². The molecule has 0 unspecified atom stereocenters. The number of rotatable bonds is 7. The van der Waals surface area contributed by atoms with E-state index in [1.54, 1.807) is 23.7 Å². The van der Waals surface area contributed by atoms with Crippen molar-refractivity contribution < 1.29 is 14.1 Å². The molecule has 4 aromatic rings. The first kappa shape index (κ1) is 23.9. The molecule has 7 nitrogen and oxygen atoms in total.